The van der Waals surface area contributed by atoms with E-state index in [1.165, 1.54) is 20.0 Å². The number of hydrogen-bond donors (Lipinski definition) is 1. The van der Waals surface area contributed by atoms with E-state index in [0.717, 1.165) is 19.3 Å². The standard InChI is InChI=1S/C14H26N2O3/c1-4-9-16(10-13(17)19-3)11(2)14(18)15-12-7-5-6-8-12/h11-12H,4-10H2,1-3H3,(H,15,18). The van der Waals surface area contributed by atoms with Crippen LogP contribution < -0.4 is 5.32 Å². The van der Waals surface area contributed by atoms with Gasteiger partial charge in [0.2, 0.25) is 5.91 Å². The Kier molecular flexibility index (Phi) is 6.84. The Balaban J connectivity index is 2.50. The van der Waals surface area contributed by atoms with E-state index >= 15 is 0 Å². The molecule has 1 fully saturated rings. The third kappa shape index (κ3) is 5.19. The second-order valence-corrected chi connectivity index (χ2v) is 5.21. The zero-order chi connectivity index (χ0) is 14.3. The van der Waals surface area contributed by atoms with Crippen LogP contribution in [0.1, 0.15) is 46.0 Å². The summed E-state index contributed by atoms with van der Waals surface area (Å²) < 4.78 is 4.68. The molecule has 0 aromatic rings. The third-order valence-electron chi connectivity index (χ3n) is 3.70. The number of ether oxygens (including phenoxy) is 1. The molecule has 0 aromatic carbocycles. The SMILES string of the molecule is CCCN(CC(=O)OC)C(C)C(=O)NC1CCCC1. The molecule has 0 saturated heterocycles. The molecule has 1 unspecified atom stereocenters. The average Bonchev–Trinajstić information content (AvgIpc) is 2.89. The molecule has 1 aliphatic rings. The third-order valence-corrected chi connectivity index (χ3v) is 3.70. The van der Waals surface area contributed by atoms with Crippen molar-refractivity contribution >= 4 is 11.9 Å². The molecule has 0 radical (unpaired) electrons. The lowest BCUT2D eigenvalue weighted by Crippen LogP contribution is -2.49. The first-order valence-electron chi connectivity index (χ1n) is 7.19. The Morgan fingerprint density at radius 2 is 2.00 bits per heavy atom. The molecular weight excluding hydrogens is 244 g/mol. The topological polar surface area (TPSA) is 58.6 Å². The van der Waals surface area contributed by atoms with Gasteiger partial charge in [0.15, 0.2) is 0 Å². The number of amides is 1. The van der Waals surface area contributed by atoms with Crippen molar-refractivity contribution in [2.24, 2.45) is 0 Å². The summed E-state index contributed by atoms with van der Waals surface area (Å²) in [6.07, 6.45) is 5.44. The summed E-state index contributed by atoms with van der Waals surface area (Å²) in [6.45, 7) is 4.77. The van der Waals surface area contributed by atoms with Gasteiger partial charge in [0.25, 0.3) is 0 Å². The van der Waals surface area contributed by atoms with Gasteiger partial charge in [-0.2, -0.15) is 0 Å². The maximum atomic E-state index is 12.2. The first kappa shape index (κ1) is 16.0. The van der Waals surface area contributed by atoms with E-state index in [-0.39, 0.29) is 24.5 Å². The first-order valence-corrected chi connectivity index (χ1v) is 7.19. The van der Waals surface area contributed by atoms with Gasteiger partial charge in [-0.15, -0.1) is 0 Å². The smallest absolute Gasteiger partial charge is 0.319 e. The van der Waals surface area contributed by atoms with E-state index in [4.69, 9.17) is 0 Å². The van der Waals surface area contributed by atoms with Crippen molar-refractivity contribution in [2.75, 3.05) is 20.2 Å². The highest BCUT2D eigenvalue weighted by atomic mass is 16.5. The molecule has 5 heteroatoms. The van der Waals surface area contributed by atoms with Crippen LogP contribution in [0.3, 0.4) is 0 Å². The number of carbonyl (C=O) groups is 2. The predicted octanol–water partition coefficient (Wildman–Crippen LogP) is 1.32. The predicted molar refractivity (Wildman–Crippen MR) is 73.7 cm³/mol. The van der Waals surface area contributed by atoms with Crippen molar-refractivity contribution in [3.8, 4) is 0 Å². The first-order chi connectivity index (χ1) is 9.08. The lowest BCUT2D eigenvalue weighted by atomic mass is 10.2. The second-order valence-electron chi connectivity index (χ2n) is 5.21. The number of esters is 1. The summed E-state index contributed by atoms with van der Waals surface area (Å²) in [5, 5.41) is 3.08. The Bertz CT molecular complexity index is 301. The van der Waals surface area contributed by atoms with E-state index in [2.05, 4.69) is 10.1 Å². The maximum absolute atomic E-state index is 12.2. The molecule has 1 atom stereocenters. The Hall–Kier alpha value is -1.10. The monoisotopic (exact) mass is 270 g/mol. The zero-order valence-corrected chi connectivity index (χ0v) is 12.3. The molecular formula is C14H26N2O3. The van der Waals surface area contributed by atoms with Crippen LogP contribution in [0.5, 0.6) is 0 Å². The minimum Gasteiger partial charge on any atom is -0.468 e. The summed E-state index contributed by atoms with van der Waals surface area (Å²) in [4.78, 5) is 25.4. The molecule has 0 heterocycles. The summed E-state index contributed by atoms with van der Waals surface area (Å²) in [5.41, 5.74) is 0. The van der Waals surface area contributed by atoms with Gasteiger partial charge in [0.1, 0.15) is 0 Å². The van der Waals surface area contributed by atoms with Gasteiger partial charge < -0.3 is 10.1 Å². The van der Waals surface area contributed by atoms with Crippen LogP contribution >= 0.6 is 0 Å². The Labute approximate surface area is 115 Å². The molecule has 1 saturated carbocycles. The fraction of sp³-hybridized carbons (Fsp3) is 0.857. The van der Waals surface area contributed by atoms with Crippen molar-refractivity contribution in [1.82, 2.24) is 10.2 Å². The van der Waals surface area contributed by atoms with Gasteiger partial charge in [-0.25, -0.2) is 0 Å². The summed E-state index contributed by atoms with van der Waals surface area (Å²) >= 11 is 0. The van der Waals surface area contributed by atoms with E-state index in [1.54, 1.807) is 0 Å². The minimum atomic E-state index is -0.297. The van der Waals surface area contributed by atoms with Crippen LogP contribution in [0.25, 0.3) is 0 Å². The molecule has 0 aromatic heterocycles. The van der Waals surface area contributed by atoms with Crippen molar-refractivity contribution in [2.45, 2.75) is 58.0 Å². The normalized spacial score (nSPS) is 17.5. The number of methoxy groups -OCH3 is 1. The van der Waals surface area contributed by atoms with Crippen molar-refractivity contribution < 1.29 is 14.3 Å². The largest absolute Gasteiger partial charge is 0.468 e. The molecule has 1 N–H and O–H groups in total. The Morgan fingerprint density at radius 3 is 2.53 bits per heavy atom. The lowest BCUT2D eigenvalue weighted by Gasteiger charge is -2.27. The highest BCUT2D eigenvalue weighted by molar-refractivity contribution is 5.82. The van der Waals surface area contributed by atoms with E-state index in [0.29, 0.717) is 12.6 Å². The fourth-order valence-corrected chi connectivity index (χ4v) is 2.48. The van der Waals surface area contributed by atoms with Crippen molar-refractivity contribution in [1.29, 1.82) is 0 Å². The highest BCUT2D eigenvalue weighted by Gasteiger charge is 2.25. The number of hydrogen-bond acceptors (Lipinski definition) is 4. The molecule has 1 aliphatic carbocycles. The molecule has 1 rings (SSSR count). The van der Waals surface area contributed by atoms with Gasteiger partial charge in [-0.3, -0.25) is 14.5 Å². The van der Waals surface area contributed by atoms with Gasteiger partial charge in [0, 0.05) is 6.04 Å². The van der Waals surface area contributed by atoms with Crippen LogP contribution in [0, 0.1) is 0 Å². The molecule has 110 valence electrons. The summed E-state index contributed by atoms with van der Waals surface area (Å²) in [5.74, 6) is -0.279. The molecule has 19 heavy (non-hydrogen) atoms. The number of rotatable bonds is 7. The van der Waals surface area contributed by atoms with Gasteiger partial charge >= 0.3 is 5.97 Å². The van der Waals surface area contributed by atoms with Gasteiger partial charge in [0.05, 0.1) is 19.7 Å². The molecule has 5 nitrogen and oxygen atoms in total. The van der Waals surface area contributed by atoms with E-state index < -0.39 is 0 Å². The zero-order valence-electron chi connectivity index (χ0n) is 12.3. The fourth-order valence-electron chi connectivity index (χ4n) is 2.48. The number of carbonyl (C=O) groups excluding carboxylic acids is 2. The van der Waals surface area contributed by atoms with Crippen LogP contribution in [-0.4, -0.2) is 49.1 Å². The lowest BCUT2D eigenvalue weighted by molar-refractivity contribution is -0.143. The van der Waals surface area contributed by atoms with E-state index in [9.17, 15) is 9.59 Å². The quantitative estimate of drug-likeness (QED) is 0.709. The van der Waals surface area contributed by atoms with Gasteiger partial charge in [-0.05, 0) is 32.7 Å². The van der Waals surface area contributed by atoms with Crippen LogP contribution in [0.4, 0.5) is 0 Å². The highest BCUT2D eigenvalue weighted by Crippen LogP contribution is 2.18. The molecule has 1 amide bonds. The second kappa shape index (κ2) is 8.15. The van der Waals surface area contributed by atoms with Crippen molar-refractivity contribution in [3.05, 3.63) is 0 Å². The van der Waals surface area contributed by atoms with Crippen LogP contribution in [0.2, 0.25) is 0 Å². The molecule has 0 aliphatic heterocycles. The van der Waals surface area contributed by atoms with Crippen LogP contribution in [0.15, 0.2) is 0 Å². The van der Waals surface area contributed by atoms with Crippen molar-refractivity contribution in [3.63, 3.8) is 0 Å². The van der Waals surface area contributed by atoms with Crippen LogP contribution in [-0.2, 0) is 14.3 Å². The summed E-state index contributed by atoms with van der Waals surface area (Å²) in [6, 6.07) is 0.0243. The summed E-state index contributed by atoms with van der Waals surface area (Å²) in [7, 11) is 1.37. The molecule has 0 bridgehead atoms. The number of nitrogens with zero attached hydrogens (tertiary/aromatic N) is 1. The number of nitrogens with one attached hydrogen (secondary N) is 1. The Morgan fingerprint density at radius 1 is 1.37 bits per heavy atom. The maximum Gasteiger partial charge on any atom is 0.319 e. The van der Waals surface area contributed by atoms with Gasteiger partial charge in [-0.1, -0.05) is 19.8 Å². The average molecular weight is 270 g/mol. The minimum absolute atomic E-state index is 0.0178. The van der Waals surface area contributed by atoms with E-state index in [1.807, 2.05) is 18.7 Å². The molecule has 0 spiro atoms.